The maximum absolute atomic E-state index is 11.8. The van der Waals surface area contributed by atoms with E-state index in [1.807, 2.05) is 6.07 Å². The van der Waals surface area contributed by atoms with Crippen molar-refractivity contribution in [2.75, 3.05) is 11.9 Å². The number of nitriles is 1. The number of nitrogens with one attached hydrogen (secondary N) is 1. The molecule has 8 nitrogen and oxygen atoms in total. The molecule has 2 rings (SSSR count). The third kappa shape index (κ3) is 5.13. The van der Waals surface area contributed by atoms with Crippen LogP contribution in [0.25, 0.3) is 0 Å². The van der Waals surface area contributed by atoms with Crippen LogP contribution in [-0.2, 0) is 19.6 Å². The number of ether oxygens (including phenoxy) is 1. The maximum atomic E-state index is 11.8. The molecular weight excluding hydrogens is 346 g/mol. The molecular formula is C16H13N3O5S. The second-order valence-corrected chi connectivity index (χ2v) is 6.45. The third-order valence-electron chi connectivity index (χ3n) is 3.03. The number of nitrogens with two attached hydrogens (primary N) is 1. The Morgan fingerprint density at radius 1 is 1.16 bits per heavy atom. The molecule has 9 heteroatoms. The number of hydrogen-bond acceptors (Lipinski definition) is 6. The number of sulfonamides is 1. The van der Waals surface area contributed by atoms with E-state index in [1.54, 1.807) is 18.2 Å². The number of benzene rings is 2. The molecule has 3 N–H and O–H groups in total. The summed E-state index contributed by atoms with van der Waals surface area (Å²) in [6, 6.07) is 13.0. The highest BCUT2D eigenvalue weighted by molar-refractivity contribution is 7.89. The topological polar surface area (TPSA) is 139 Å². The Bertz CT molecular complexity index is 946. The number of amides is 1. The average Bonchev–Trinajstić information content (AvgIpc) is 2.59. The Hall–Kier alpha value is -3.22. The predicted octanol–water partition coefficient (Wildman–Crippen LogP) is 1.00. The van der Waals surface area contributed by atoms with Crippen molar-refractivity contribution < 1.29 is 22.7 Å². The van der Waals surface area contributed by atoms with Gasteiger partial charge in [-0.05, 0) is 42.5 Å². The van der Waals surface area contributed by atoms with Crippen LogP contribution in [-0.4, -0.2) is 26.9 Å². The molecule has 0 unspecified atom stereocenters. The SMILES string of the molecule is N#Cc1cccc(NC(=O)COC(=O)c2ccc(S(N)(=O)=O)cc2)c1. The zero-order chi connectivity index (χ0) is 18.4. The highest BCUT2D eigenvalue weighted by Crippen LogP contribution is 2.11. The fourth-order valence-electron chi connectivity index (χ4n) is 1.86. The second kappa shape index (κ2) is 7.57. The van der Waals surface area contributed by atoms with E-state index in [9.17, 15) is 18.0 Å². The van der Waals surface area contributed by atoms with Gasteiger partial charge in [-0.1, -0.05) is 6.07 Å². The van der Waals surface area contributed by atoms with Crippen molar-refractivity contribution in [3.63, 3.8) is 0 Å². The minimum absolute atomic E-state index is 0.0756. The first-order valence-corrected chi connectivity index (χ1v) is 8.44. The van der Waals surface area contributed by atoms with Crippen molar-refractivity contribution in [3.8, 4) is 6.07 Å². The first-order chi connectivity index (χ1) is 11.8. The molecule has 2 aromatic carbocycles. The quantitative estimate of drug-likeness (QED) is 0.763. The van der Waals surface area contributed by atoms with Crippen LogP contribution < -0.4 is 10.5 Å². The van der Waals surface area contributed by atoms with Gasteiger partial charge in [-0.3, -0.25) is 4.79 Å². The van der Waals surface area contributed by atoms with Crippen LogP contribution in [0.4, 0.5) is 5.69 Å². The molecule has 0 aliphatic carbocycles. The highest BCUT2D eigenvalue weighted by atomic mass is 32.2. The van der Waals surface area contributed by atoms with Gasteiger partial charge in [-0.15, -0.1) is 0 Å². The van der Waals surface area contributed by atoms with Gasteiger partial charge in [0.25, 0.3) is 5.91 Å². The van der Waals surface area contributed by atoms with Crippen LogP contribution in [0, 0.1) is 11.3 Å². The molecule has 0 spiro atoms. The van der Waals surface area contributed by atoms with Crippen molar-refractivity contribution in [1.29, 1.82) is 5.26 Å². The van der Waals surface area contributed by atoms with E-state index in [4.69, 9.17) is 15.1 Å². The molecule has 0 saturated carbocycles. The third-order valence-corrected chi connectivity index (χ3v) is 3.96. The molecule has 25 heavy (non-hydrogen) atoms. The summed E-state index contributed by atoms with van der Waals surface area (Å²) in [6.45, 7) is -0.535. The van der Waals surface area contributed by atoms with Gasteiger partial charge in [-0.2, -0.15) is 5.26 Å². The van der Waals surface area contributed by atoms with Gasteiger partial charge in [0.2, 0.25) is 10.0 Å². The molecule has 0 fully saturated rings. The summed E-state index contributed by atoms with van der Waals surface area (Å²) in [4.78, 5) is 23.5. The van der Waals surface area contributed by atoms with Crippen molar-refractivity contribution in [3.05, 3.63) is 59.7 Å². The summed E-state index contributed by atoms with van der Waals surface area (Å²) in [5.74, 6) is -1.37. The summed E-state index contributed by atoms with van der Waals surface area (Å²) in [7, 11) is -3.85. The van der Waals surface area contributed by atoms with Crippen molar-refractivity contribution >= 4 is 27.6 Å². The standard InChI is InChI=1S/C16H13N3O5S/c17-9-11-2-1-3-13(8-11)19-15(20)10-24-16(21)12-4-6-14(7-5-12)25(18,22)23/h1-8H,10H2,(H,19,20)(H2,18,22,23). The van der Waals surface area contributed by atoms with Crippen molar-refractivity contribution in [2.45, 2.75) is 4.90 Å². The lowest BCUT2D eigenvalue weighted by molar-refractivity contribution is -0.119. The lowest BCUT2D eigenvalue weighted by Gasteiger charge is -2.07. The van der Waals surface area contributed by atoms with E-state index in [0.717, 1.165) is 0 Å². The van der Waals surface area contributed by atoms with Crippen LogP contribution in [0.1, 0.15) is 15.9 Å². The van der Waals surface area contributed by atoms with Gasteiger partial charge < -0.3 is 10.1 Å². The van der Waals surface area contributed by atoms with Crippen LogP contribution in [0.5, 0.6) is 0 Å². The van der Waals surface area contributed by atoms with Crippen molar-refractivity contribution in [1.82, 2.24) is 0 Å². The molecule has 0 aromatic heterocycles. The number of esters is 1. The zero-order valence-electron chi connectivity index (χ0n) is 12.8. The lowest BCUT2D eigenvalue weighted by Crippen LogP contribution is -2.21. The Morgan fingerprint density at radius 2 is 1.84 bits per heavy atom. The highest BCUT2D eigenvalue weighted by Gasteiger charge is 2.13. The van der Waals surface area contributed by atoms with Gasteiger partial charge in [0, 0.05) is 5.69 Å². The molecule has 0 bridgehead atoms. The monoisotopic (exact) mass is 359 g/mol. The van der Waals surface area contributed by atoms with Gasteiger partial charge in [-0.25, -0.2) is 18.4 Å². The molecule has 0 aliphatic heterocycles. The molecule has 0 radical (unpaired) electrons. The fourth-order valence-corrected chi connectivity index (χ4v) is 2.37. The predicted molar refractivity (Wildman–Crippen MR) is 87.9 cm³/mol. The molecule has 128 valence electrons. The number of carbonyl (C=O) groups is 2. The zero-order valence-corrected chi connectivity index (χ0v) is 13.6. The Labute approximate surface area is 143 Å². The molecule has 0 aliphatic rings. The van der Waals surface area contributed by atoms with Crippen LogP contribution in [0.15, 0.2) is 53.4 Å². The number of carbonyl (C=O) groups excluding carboxylic acids is 2. The van der Waals surface area contributed by atoms with Crippen molar-refractivity contribution in [2.24, 2.45) is 5.14 Å². The van der Waals surface area contributed by atoms with Crippen LogP contribution in [0.3, 0.4) is 0 Å². The van der Waals surface area contributed by atoms with E-state index >= 15 is 0 Å². The molecule has 1 amide bonds. The number of nitrogens with zero attached hydrogens (tertiary/aromatic N) is 1. The minimum atomic E-state index is -3.85. The van der Waals surface area contributed by atoms with E-state index in [-0.39, 0.29) is 10.5 Å². The number of primary sulfonamides is 1. The Morgan fingerprint density at radius 3 is 2.44 bits per heavy atom. The first-order valence-electron chi connectivity index (χ1n) is 6.89. The Kier molecular flexibility index (Phi) is 5.49. The molecule has 0 heterocycles. The summed E-state index contributed by atoms with van der Waals surface area (Å²) in [6.07, 6.45) is 0. The van der Waals surface area contributed by atoms with Gasteiger partial charge >= 0.3 is 5.97 Å². The van der Waals surface area contributed by atoms with Gasteiger partial charge in [0.15, 0.2) is 6.61 Å². The molecule has 2 aromatic rings. The Balaban J connectivity index is 1.93. The van der Waals surface area contributed by atoms with E-state index < -0.39 is 28.5 Å². The fraction of sp³-hybridized carbons (Fsp3) is 0.0625. The summed E-state index contributed by atoms with van der Waals surface area (Å²) < 4.78 is 27.1. The maximum Gasteiger partial charge on any atom is 0.338 e. The van der Waals surface area contributed by atoms with Gasteiger partial charge in [0.1, 0.15) is 0 Å². The summed E-state index contributed by atoms with van der Waals surface area (Å²) in [5, 5.41) is 16.2. The summed E-state index contributed by atoms with van der Waals surface area (Å²) in [5.41, 5.74) is 0.856. The number of anilines is 1. The minimum Gasteiger partial charge on any atom is -0.452 e. The average molecular weight is 359 g/mol. The van der Waals surface area contributed by atoms with Crippen LogP contribution in [0.2, 0.25) is 0 Å². The summed E-state index contributed by atoms with van der Waals surface area (Å²) >= 11 is 0. The van der Waals surface area contributed by atoms with Crippen LogP contribution >= 0.6 is 0 Å². The van der Waals surface area contributed by atoms with E-state index in [0.29, 0.717) is 11.3 Å². The molecule has 0 saturated heterocycles. The van der Waals surface area contributed by atoms with Gasteiger partial charge in [0.05, 0.1) is 22.1 Å². The normalized spacial score (nSPS) is 10.6. The lowest BCUT2D eigenvalue weighted by atomic mass is 10.2. The second-order valence-electron chi connectivity index (χ2n) is 4.89. The number of hydrogen-bond donors (Lipinski definition) is 2. The smallest absolute Gasteiger partial charge is 0.338 e. The van der Waals surface area contributed by atoms with E-state index in [2.05, 4.69) is 5.32 Å². The first kappa shape index (κ1) is 18.1. The number of rotatable bonds is 5. The largest absolute Gasteiger partial charge is 0.452 e. The molecule has 0 atom stereocenters. The van der Waals surface area contributed by atoms with E-state index in [1.165, 1.54) is 30.3 Å².